The molecule has 10 heteroatoms. The van der Waals surface area contributed by atoms with Gasteiger partial charge in [-0.2, -0.15) is 8.42 Å². The van der Waals surface area contributed by atoms with Crippen molar-refractivity contribution in [3.8, 4) is 0 Å². The SMILES string of the molecule is O=C(O)CC(C(=O)OCC(O)O)S(=O)(=O)O. The monoisotopic (exact) mass is 258 g/mol. The smallest absolute Gasteiger partial charge is 0.327 e. The van der Waals surface area contributed by atoms with Gasteiger partial charge in [-0.3, -0.25) is 14.1 Å². The van der Waals surface area contributed by atoms with Gasteiger partial charge >= 0.3 is 11.9 Å². The molecule has 1 atom stereocenters. The van der Waals surface area contributed by atoms with E-state index in [4.69, 9.17) is 19.9 Å². The van der Waals surface area contributed by atoms with E-state index in [1.54, 1.807) is 0 Å². The molecule has 94 valence electrons. The Labute approximate surface area is 90.0 Å². The number of hydrogen-bond acceptors (Lipinski definition) is 7. The standard InChI is InChI=1S/C6H10O9S/c7-4(8)1-3(16(12,13)14)6(11)15-2-5(9)10/h3,5,9-10H,1-2H2,(H,7,8)(H,12,13,14). The lowest BCUT2D eigenvalue weighted by atomic mass is 10.3. The van der Waals surface area contributed by atoms with Crippen LogP contribution in [0.2, 0.25) is 0 Å². The molecule has 0 saturated heterocycles. The minimum absolute atomic E-state index is 0.926. The minimum atomic E-state index is -4.93. The van der Waals surface area contributed by atoms with Crippen LogP contribution in [0.25, 0.3) is 0 Å². The number of carbonyl (C=O) groups excluding carboxylic acids is 1. The zero-order chi connectivity index (χ0) is 12.9. The molecule has 0 spiro atoms. The lowest BCUT2D eigenvalue weighted by Crippen LogP contribution is -2.35. The van der Waals surface area contributed by atoms with Crippen molar-refractivity contribution in [3.05, 3.63) is 0 Å². The molecule has 0 fully saturated rings. The summed E-state index contributed by atoms with van der Waals surface area (Å²) < 4.78 is 33.8. The van der Waals surface area contributed by atoms with Gasteiger partial charge in [0.15, 0.2) is 11.5 Å². The molecule has 0 aliphatic heterocycles. The average molecular weight is 258 g/mol. The Morgan fingerprint density at radius 2 is 1.75 bits per heavy atom. The Morgan fingerprint density at radius 3 is 2.06 bits per heavy atom. The first-order valence-corrected chi connectivity index (χ1v) is 5.35. The topological polar surface area (TPSA) is 158 Å². The van der Waals surface area contributed by atoms with Crippen LogP contribution in [0.15, 0.2) is 0 Å². The third kappa shape index (κ3) is 5.60. The molecule has 0 heterocycles. The number of hydrogen-bond donors (Lipinski definition) is 4. The highest BCUT2D eigenvalue weighted by Crippen LogP contribution is 2.07. The van der Waals surface area contributed by atoms with E-state index in [2.05, 4.69) is 4.74 Å². The largest absolute Gasteiger partial charge is 0.481 e. The summed E-state index contributed by atoms with van der Waals surface area (Å²) in [6.07, 6.45) is -3.20. The van der Waals surface area contributed by atoms with Crippen molar-refractivity contribution in [1.29, 1.82) is 0 Å². The summed E-state index contributed by atoms with van der Waals surface area (Å²) in [7, 11) is -4.93. The zero-order valence-corrected chi connectivity index (χ0v) is 8.62. The van der Waals surface area contributed by atoms with E-state index in [1.807, 2.05) is 0 Å². The highest BCUT2D eigenvalue weighted by atomic mass is 32.2. The van der Waals surface area contributed by atoms with Crippen LogP contribution < -0.4 is 0 Å². The summed E-state index contributed by atoms with van der Waals surface area (Å²) in [5.41, 5.74) is 0. The normalized spacial score (nSPS) is 13.5. The summed E-state index contributed by atoms with van der Waals surface area (Å²) >= 11 is 0. The molecule has 1 unspecified atom stereocenters. The number of carboxylic acid groups (broad SMARTS) is 1. The number of aliphatic carboxylic acids is 1. The first-order chi connectivity index (χ1) is 7.14. The van der Waals surface area contributed by atoms with Gasteiger partial charge in [0.1, 0.15) is 6.61 Å². The van der Waals surface area contributed by atoms with Crippen LogP contribution in [-0.4, -0.2) is 58.4 Å². The highest BCUT2D eigenvalue weighted by Gasteiger charge is 2.35. The number of aliphatic hydroxyl groups is 2. The molecule has 0 bridgehead atoms. The number of ether oxygens (including phenoxy) is 1. The first-order valence-electron chi connectivity index (χ1n) is 3.85. The first kappa shape index (κ1) is 14.8. The van der Waals surface area contributed by atoms with Crippen LogP contribution in [0.4, 0.5) is 0 Å². The molecule has 9 nitrogen and oxygen atoms in total. The lowest BCUT2D eigenvalue weighted by molar-refractivity contribution is -0.157. The predicted molar refractivity (Wildman–Crippen MR) is 46.8 cm³/mol. The molecule has 0 radical (unpaired) electrons. The quantitative estimate of drug-likeness (QED) is 0.231. The van der Waals surface area contributed by atoms with Crippen molar-refractivity contribution in [2.75, 3.05) is 6.61 Å². The van der Waals surface area contributed by atoms with Crippen molar-refractivity contribution in [2.24, 2.45) is 0 Å². The van der Waals surface area contributed by atoms with E-state index in [9.17, 15) is 18.0 Å². The number of aliphatic hydroxyl groups excluding tert-OH is 1. The maximum atomic E-state index is 11.0. The van der Waals surface area contributed by atoms with Crippen LogP contribution in [0, 0.1) is 0 Å². The van der Waals surface area contributed by atoms with Gasteiger partial charge in [0.2, 0.25) is 0 Å². The third-order valence-corrected chi connectivity index (χ3v) is 2.44. The van der Waals surface area contributed by atoms with Gasteiger partial charge in [0.05, 0.1) is 6.42 Å². The van der Waals surface area contributed by atoms with Crippen LogP contribution in [-0.2, 0) is 24.4 Å². The number of rotatable bonds is 6. The third-order valence-electron chi connectivity index (χ3n) is 1.36. The molecule has 0 aliphatic carbocycles. The highest BCUT2D eigenvalue weighted by molar-refractivity contribution is 7.87. The molecule has 4 N–H and O–H groups in total. The van der Waals surface area contributed by atoms with E-state index in [0.29, 0.717) is 0 Å². The van der Waals surface area contributed by atoms with Gasteiger partial charge in [-0.1, -0.05) is 0 Å². The Hall–Kier alpha value is -1.23. The Kier molecular flexibility index (Phi) is 5.30. The second-order valence-corrected chi connectivity index (χ2v) is 4.31. The lowest BCUT2D eigenvalue weighted by Gasteiger charge is -2.11. The van der Waals surface area contributed by atoms with Crippen LogP contribution in [0.5, 0.6) is 0 Å². The molecule has 0 amide bonds. The number of esters is 1. The fraction of sp³-hybridized carbons (Fsp3) is 0.667. The van der Waals surface area contributed by atoms with E-state index < -0.39 is 46.6 Å². The van der Waals surface area contributed by atoms with Crippen molar-refractivity contribution in [1.82, 2.24) is 0 Å². The van der Waals surface area contributed by atoms with Crippen molar-refractivity contribution in [2.45, 2.75) is 18.0 Å². The molecule has 0 aromatic rings. The zero-order valence-electron chi connectivity index (χ0n) is 7.81. The fourth-order valence-corrected chi connectivity index (χ4v) is 1.38. The summed E-state index contributed by atoms with van der Waals surface area (Å²) in [5.74, 6) is -3.21. The molecule has 0 saturated carbocycles. The second kappa shape index (κ2) is 5.75. The average Bonchev–Trinajstić information content (AvgIpc) is 2.08. The summed E-state index contributed by atoms with van der Waals surface area (Å²) in [4.78, 5) is 21.2. The Bertz CT molecular complexity index is 356. The van der Waals surface area contributed by atoms with Gasteiger partial charge in [-0.25, -0.2) is 0 Å². The molecule has 16 heavy (non-hydrogen) atoms. The minimum Gasteiger partial charge on any atom is -0.481 e. The summed E-state index contributed by atoms with van der Waals surface area (Å²) in [5, 5.41) is 22.6. The molecule has 0 aliphatic rings. The van der Waals surface area contributed by atoms with Crippen molar-refractivity contribution < 1.29 is 42.6 Å². The van der Waals surface area contributed by atoms with E-state index in [-0.39, 0.29) is 0 Å². The maximum absolute atomic E-state index is 11.0. The van der Waals surface area contributed by atoms with Gasteiger partial charge in [-0.05, 0) is 0 Å². The Morgan fingerprint density at radius 1 is 1.25 bits per heavy atom. The van der Waals surface area contributed by atoms with Crippen LogP contribution in [0.1, 0.15) is 6.42 Å². The fourth-order valence-electron chi connectivity index (χ4n) is 0.718. The molecule has 0 aromatic heterocycles. The molecule has 0 rings (SSSR count). The Balaban J connectivity index is 4.65. The van der Waals surface area contributed by atoms with E-state index >= 15 is 0 Å². The van der Waals surface area contributed by atoms with Gasteiger partial charge in [-0.15, -0.1) is 0 Å². The molecular weight excluding hydrogens is 248 g/mol. The van der Waals surface area contributed by atoms with Crippen molar-refractivity contribution >= 4 is 22.1 Å². The van der Waals surface area contributed by atoms with E-state index in [1.165, 1.54) is 0 Å². The van der Waals surface area contributed by atoms with Crippen LogP contribution >= 0.6 is 0 Å². The second-order valence-electron chi connectivity index (χ2n) is 2.71. The van der Waals surface area contributed by atoms with Gasteiger partial charge in [0.25, 0.3) is 10.1 Å². The number of carboxylic acids is 1. The van der Waals surface area contributed by atoms with Gasteiger partial charge in [0, 0.05) is 0 Å². The predicted octanol–water partition coefficient (Wildman–Crippen LogP) is -2.43. The summed E-state index contributed by atoms with van der Waals surface area (Å²) in [6, 6.07) is 0. The van der Waals surface area contributed by atoms with Gasteiger partial charge < -0.3 is 20.1 Å². The number of carbonyl (C=O) groups is 2. The van der Waals surface area contributed by atoms with Crippen molar-refractivity contribution in [3.63, 3.8) is 0 Å². The van der Waals surface area contributed by atoms with Crippen LogP contribution in [0.3, 0.4) is 0 Å². The molecular formula is C6H10O9S. The summed E-state index contributed by atoms with van der Waals surface area (Å²) in [6.45, 7) is -0.926. The van der Waals surface area contributed by atoms with E-state index in [0.717, 1.165) is 0 Å². The molecule has 0 aromatic carbocycles. The maximum Gasteiger partial charge on any atom is 0.327 e.